The fourth-order valence-electron chi connectivity index (χ4n) is 2.21. The van der Waals surface area contributed by atoms with Crippen molar-refractivity contribution < 1.29 is 5.11 Å². The smallest absolute Gasteiger partial charge is 0.229 e. The number of hydrogen-bond acceptors (Lipinski definition) is 5. The van der Waals surface area contributed by atoms with Gasteiger partial charge in [0.05, 0.1) is 6.10 Å². The third-order valence-electron chi connectivity index (χ3n) is 3.40. The Bertz CT molecular complexity index is 798. The van der Waals surface area contributed by atoms with Gasteiger partial charge in [0, 0.05) is 23.5 Å². The Balaban J connectivity index is 1.63. The average Bonchev–Trinajstić information content (AvgIpc) is 2.61. The number of aromatic nitrogens is 2. The molecule has 3 aromatic rings. The summed E-state index contributed by atoms with van der Waals surface area (Å²) in [6.45, 7) is 0.359. The standard InChI is InChI=1S/C18H17ClN4O/c19-14-7-4-8-15(11-14)22-18-20-10-9-17(23-18)21-12-16(24)13-5-2-1-3-6-13/h1-11,16,24H,12H2,(H2,20,21,22,23). The molecule has 0 amide bonds. The SMILES string of the molecule is OC(CNc1ccnc(Nc2cccc(Cl)c2)n1)c1ccccc1. The van der Waals surface area contributed by atoms with Crippen molar-refractivity contribution in [1.82, 2.24) is 9.97 Å². The summed E-state index contributed by atoms with van der Waals surface area (Å²) in [5.41, 5.74) is 1.67. The molecule has 0 spiro atoms. The van der Waals surface area contributed by atoms with E-state index in [2.05, 4.69) is 20.6 Å². The predicted octanol–water partition coefficient (Wildman–Crippen LogP) is 4.02. The van der Waals surface area contributed by atoms with Crippen molar-refractivity contribution in [3.8, 4) is 0 Å². The molecule has 6 heteroatoms. The van der Waals surface area contributed by atoms with Crippen LogP contribution in [0.4, 0.5) is 17.5 Å². The molecule has 2 aromatic carbocycles. The van der Waals surface area contributed by atoms with Crippen molar-refractivity contribution in [2.24, 2.45) is 0 Å². The Morgan fingerprint density at radius 2 is 1.88 bits per heavy atom. The second kappa shape index (κ2) is 7.77. The molecule has 0 aliphatic rings. The minimum Gasteiger partial charge on any atom is -0.387 e. The van der Waals surface area contributed by atoms with E-state index in [1.165, 1.54) is 0 Å². The molecule has 5 nitrogen and oxygen atoms in total. The van der Waals surface area contributed by atoms with E-state index in [1.54, 1.807) is 24.4 Å². The van der Waals surface area contributed by atoms with Crippen molar-refractivity contribution >= 4 is 29.1 Å². The van der Waals surface area contributed by atoms with Crippen LogP contribution in [-0.2, 0) is 0 Å². The van der Waals surface area contributed by atoms with Gasteiger partial charge in [0.1, 0.15) is 5.82 Å². The van der Waals surface area contributed by atoms with Crippen molar-refractivity contribution in [3.05, 3.63) is 77.4 Å². The lowest BCUT2D eigenvalue weighted by Crippen LogP contribution is -2.13. The monoisotopic (exact) mass is 340 g/mol. The highest BCUT2D eigenvalue weighted by Crippen LogP contribution is 2.19. The van der Waals surface area contributed by atoms with Gasteiger partial charge in [-0.25, -0.2) is 4.98 Å². The van der Waals surface area contributed by atoms with Crippen LogP contribution >= 0.6 is 11.6 Å². The van der Waals surface area contributed by atoms with Gasteiger partial charge in [-0.3, -0.25) is 0 Å². The first-order valence-corrected chi connectivity index (χ1v) is 7.91. The van der Waals surface area contributed by atoms with Crippen molar-refractivity contribution in [1.29, 1.82) is 0 Å². The predicted molar refractivity (Wildman–Crippen MR) is 96.7 cm³/mol. The zero-order valence-corrected chi connectivity index (χ0v) is 13.6. The van der Waals surface area contributed by atoms with Crippen molar-refractivity contribution in [3.63, 3.8) is 0 Å². The molecule has 1 unspecified atom stereocenters. The van der Waals surface area contributed by atoms with Crippen LogP contribution in [0.15, 0.2) is 66.9 Å². The van der Waals surface area contributed by atoms with Crippen LogP contribution in [0.3, 0.4) is 0 Å². The van der Waals surface area contributed by atoms with Crippen LogP contribution in [0.5, 0.6) is 0 Å². The quantitative estimate of drug-likeness (QED) is 0.632. The number of anilines is 3. The first kappa shape index (κ1) is 16.2. The molecule has 3 rings (SSSR count). The van der Waals surface area contributed by atoms with E-state index in [0.717, 1.165) is 11.3 Å². The summed E-state index contributed by atoms with van der Waals surface area (Å²) in [5.74, 6) is 1.08. The number of rotatable bonds is 6. The summed E-state index contributed by atoms with van der Waals surface area (Å²) in [6, 6.07) is 18.6. The van der Waals surface area contributed by atoms with Gasteiger partial charge in [0.2, 0.25) is 5.95 Å². The summed E-state index contributed by atoms with van der Waals surface area (Å²) in [4.78, 5) is 8.56. The van der Waals surface area contributed by atoms with E-state index in [0.29, 0.717) is 23.3 Å². The number of hydrogen-bond donors (Lipinski definition) is 3. The van der Waals surface area contributed by atoms with Gasteiger partial charge in [-0.15, -0.1) is 0 Å². The molecule has 0 bridgehead atoms. The number of nitrogens with zero attached hydrogens (tertiary/aromatic N) is 2. The topological polar surface area (TPSA) is 70.1 Å². The lowest BCUT2D eigenvalue weighted by Gasteiger charge is -2.13. The first-order valence-electron chi connectivity index (χ1n) is 7.53. The minimum absolute atomic E-state index is 0.359. The lowest BCUT2D eigenvalue weighted by atomic mass is 10.1. The van der Waals surface area contributed by atoms with Crippen LogP contribution in [0.1, 0.15) is 11.7 Å². The molecule has 1 aromatic heterocycles. The summed E-state index contributed by atoms with van der Waals surface area (Å²) in [7, 11) is 0. The Kier molecular flexibility index (Phi) is 5.25. The molecule has 3 N–H and O–H groups in total. The molecule has 0 saturated heterocycles. The average molecular weight is 341 g/mol. The van der Waals surface area contributed by atoms with Gasteiger partial charge in [0.25, 0.3) is 0 Å². The summed E-state index contributed by atoms with van der Waals surface area (Å²) >= 11 is 5.96. The number of halogens is 1. The summed E-state index contributed by atoms with van der Waals surface area (Å²) < 4.78 is 0. The van der Waals surface area contributed by atoms with Crippen LogP contribution in [0.25, 0.3) is 0 Å². The van der Waals surface area contributed by atoms with Gasteiger partial charge in [0.15, 0.2) is 0 Å². The molecule has 0 fully saturated rings. The zero-order chi connectivity index (χ0) is 16.8. The second-order valence-corrected chi connectivity index (χ2v) is 5.64. The fraction of sp³-hybridized carbons (Fsp3) is 0.111. The third-order valence-corrected chi connectivity index (χ3v) is 3.63. The van der Waals surface area contributed by atoms with E-state index in [-0.39, 0.29) is 0 Å². The molecule has 0 saturated carbocycles. The van der Waals surface area contributed by atoms with E-state index >= 15 is 0 Å². The van der Waals surface area contributed by atoms with Crippen LogP contribution in [-0.4, -0.2) is 21.6 Å². The second-order valence-electron chi connectivity index (χ2n) is 5.21. The molecule has 0 aliphatic heterocycles. The van der Waals surface area contributed by atoms with Crippen molar-refractivity contribution in [2.75, 3.05) is 17.2 Å². The fourth-order valence-corrected chi connectivity index (χ4v) is 2.40. The number of aliphatic hydroxyl groups is 1. The van der Waals surface area contributed by atoms with Crippen LogP contribution in [0.2, 0.25) is 5.02 Å². The normalized spacial score (nSPS) is 11.8. The first-order chi connectivity index (χ1) is 11.7. The molecular formula is C18H17ClN4O. The number of benzene rings is 2. The van der Waals surface area contributed by atoms with Gasteiger partial charge in [-0.2, -0.15) is 4.98 Å². The summed E-state index contributed by atoms with van der Waals surface area (Å²) in [6.07, 6.45) is 1.04. The van der Waals surface area contributed by atoms with Crippen LogP contribution < -0.4 is 10.6 Å². The highest BCUT2D eigenvalue weighted by atomic mass is 35.5. The van der Waals surface area contributed by atoms with E-state index in [4.69, 9.17) is 11.6 Å². The Hall–Kier alpha value is -2.63. The maximum atomic E-state index is 10.2. The van der Waals surface area contributed by atoms with Crippen molar-refractivity contribution in [2.45, 2.75) is 6.10 Å². The van der Waals surface area contributed by atoms with E-state index in [1.807, 2.05) is 42.5 Å². The highest BCUT2D eigenvalue weighted by molar-refractivity contribution is 6.30. The maximum absolute atomic E-state index is 10.2. The third kappa shape index (κ3) is 4.44. The van der Waals surface area contributed by atoms with E-state index in [9.17, 15) is 5.11 Å². The largest absolute Gasteiger partial charge is 0.387 e. The maximum Gasteiger partial charge on any atom is 0.229 e. The molecule has 1 heterocycles. The molecule has 1 atom stereocenters. The highest BCUT2D eigenvalue weighted by Gasteiger charge is 2.07. The van der Waals surface area contributed by atoms with Gasteiger partial charge in [-0.1, -0.05) is 48.0 Å². The molecule has 122 valence electrons. The number of aliphatic hydroxyl groups excluding tert-OH is 1. The summed E-state index contributed by atoms with van der Waals surface area (Å²) in [5, 5.41) is 17.0. The Labute approximate surface area is 145 Å². The molecule has 0 radical (unpaired) electrons. The minimum atomic E-state index is -0.606. The molecular weight excluding hydrogens is 324 g/mol. The Morgan fingerprint density at radius 1 is 1.04 bits per heavy atom. The van der Waals surface area contributed by atoms with Gasteiger partial charge >= 0.3 is 0 Å². The van der Waals surface area contributed by atoms with Gasteiger partial charge in [-0.05, 0) is 29.8 Å². The van der Waals surface area contributed by atoms with Crippen LogP contribution in [0, 0.1) is 0 Å². The molecule has 24 heavy (non-hydrogen) atoms. The van der Waals surface area contributed by atoms with Gasteiger partial charge < -0.3 is 15.7 Å². The zero-order valence-electron chi connectivity index (χ0n) is 12.9. The van der Waals surface area contributed by atoms with E-state index < -0.39 is 6.10 Å². The Morgan fingerprint density at radius 3 is 2.67 bits per heavy atom. The molecule has 0 aliphatic carbocycles. The lowest BCUT2D eigenvalue weighted by molar-refractivity contribution is 0.191. The number of nitrogens with one attached hydrogen (secondary N) is 2.